The van der Waals surface area contributed by atoms with E-state index in [0.717, 1.165) is 9.87 Å². The Balaban J connectivity index is 2.07. The summed E-state index contributed by atoms with van der Waals surface area (Å²) >= 11 is 0. The Morgan fingerprint density at radius 3 is 2.53 bits per heavy atom. The van der Waals surface area contributed by atoms with Crippen molar-refractivity contribution < 1.29 is 18.3 Å². The summed E-state index contributed by atoms with van der Waals surface area (Å²) in [6.45, 7) is 0.314. The number of rotatable bonds is 5. The fourth-order valence-corrected chi connectivity index (χ4v) is 4.07. The van der Waals surface area contributed by atoms with Crippen molar-refractivity contribution in [3.05, 3.63) is 35.9 Å². The van der Waals surface area contributed by atoms with Crippen LogP contribution in [-0.2, 0) is 21.2 Å². The molecule has 1 aliphatic rings. The Morgan fingerprint density at radius 2 is 2.00 bits per heavy atom. The van der Waals surface area contributed by atoms with Crippen LogP contribution in [0.5, 0.6) is 0 Å². The predicted octanol–water partition coefficient (Wildman–Crippen LogP) is 1.11. The molecule has 6 heteroatoms. The zero-order chi connectivity index (χ0) is 13.9. The first-order valence-corrected chi connectivity index (χ1v) is 7.88. The van der Waals surface area contributed by atoms with Crippen molar-refractivity contribution in [1.29, 1.82) is 0 Å². The maximum Gasteiger partial charge on any atom is 0.322 e. The van der Waals surface area contributed by atoms with E-state index in [1.807, 2.05) is 30.3 Å². The van der Waals surface area contributed by atoms with Crippen LogP contribution in [-0.4, -0.2) is 42.1 Å². The van der Waals surface area contributed by atoms with Gasteiger partial charge in [-0.1, -0.05) is 30.3 Å². The van der Waals surface area contributed by atoms with Crippen LogP contribution in [0.15, 0.2) is 30.3 Å². The van der Waals surface area contributed by atoms with Gasteiger partial charge in [0, 0.05) is 6.54 Å². The number of carboxylic acids is 1. The van der Waals surface area contributed by atoms with Gasteiger partial charge in [-0.2, -0.15) is 4.31 Å². The minimum Gasteiger partial charge on any atom is -0.480 e. The molecule has 1 saturated heterocycles. The highest BCUT2D eigenvalue weighted by atomic mass is 32.2. The average molecular weight is 283 g/mol. The monoisotopic (exact) mass is 283 g/mol. The number of carboxylic acid groups (broad SMARTS) is 1. The molecule has 0 spiro atoms. The van der Waals surface area contributed by atoms with E-state index in [4.69, 9.17) is 0 Å². The molecule has 0 amide bonds. The van der Waals surface area contributed by atoms with Crippen molar-refractivity contribution in [1.82, 2.24) is 4.31 Å². The second-order valence-corrected chi connectivity index (χ2v) is 6.70. The lowest BCUT2D eigenvalue weighted by Gasteiger charge is -2.22. The highest BCUT2D eigenvalue weighted by Gasteiger charge is 2.37. The molecule has 0 saturated carbocycles. The Labute approximate surface area is 112 Å². The second-order valence-electron chi connectivity index (χ2n) is 4.66. The lowest BCUT2D eigenvalue weighted by Crippen LogP contribution is -2.42. The van der Waals surface area contributed by atoms with Gasteiger partial charge in [0.05, 0.1) is 5.75 Å². The zero-order valence-electron chi connectivity index (χ0n) is 10.5. The van der Waals surface area contributed by atoms with Gasteiger partial charge in [0.15, 0.2) is 0 Å². The molecule has 0 bridgehead atoms. The van der Waals surface area contributed by atoms with Gasteiger partial charge in [-0.3, -0.25) is 4.79 Å². The SMILES string of the molecule is O=C(O)C(CCc1ccccc1)N1CCCS1(=O)=O. The molecule has 104 valence electrons. The minimum atomic E-state index is -3.38. The van der Waals surface area contributed by atoms with Crippen molar-refractivity contribution in [3.63, 3.8) is 0 Å². The highest BCUT2D eigenvalue weighted by molar-refractivity contribution is 7.89. The summed E-state index contributed by atoms with van der Waals surface area (Å²) in [5.41, 5.74) is 1.02. The van der Waals surface area contributed by atoms with Gasteiger partial charge in [0.2, 0.25) is 10.0 Å². The summed E-state index contributed by atoms with van der Waals surface area (Å²) in [5, 5.41) is 9.24. The molecule has 0 aliphatic carbocycles. The van der Waals surface area contributed by atoms with E-state index in [9.17, 15) is 18.3 Å². The maximum absolute atomic E-state index is 11.8. The van der Waals surface area contributed by atoms with E-state index >= 15 is 0 Å². The molecule has 0 radical (unpaired) electrons. The third kappa shape index (κ3) is 3.33. The summed E-state index contributed by atoms with van der Waals surface area (Å²) < 4.78 is 24.7. The van der Waals surface area contributed by atoms with E-state index in [2.05, 4.69) is 0 Å². The van der Waals surface area contributed by atoms with Crippen LogP contribution < -0.4 is 0 Å². The van der Waals surface area contributed by atoms with Gasteiger partial charge >= 0.3 is 5.97 Å². The molecule has 1 atom stereocenters. The summed E-state index contributed by atoms with van der Waals surface area (Å²) in [5.74, 6) is -1.01. The molecule has 5 nitrogen and oxygen atoms in total. The number of sulfonamides is 1. The van der Waals surface area contributed by atoms with Gasteiger partial charge in [0.1, 0.15) is 6.04 Å². The first-order chi connectivity index (χ1) is 9.00. The Bertz CT molecular complexity index is 541. The number of hydrogen-bond acceptors (Lipinski definition) is 3. The Hall–Kier alpha value is -1.40. The molecule has 19 heavy (non-hydrogen) atoms. The molecule has 0 aromatic heterocycles. The van der Waals surface area contributed by atoms with Crippen molar-refractivity contribution >= 4 is 16.0 Å². The van der Waals surface area contributed by atoms with E-state index < -0.39 is 22.0 Å². The summed E-state index contributed by atoms with van der Waals surface area (Å²) in [4.78, 5) is 11.3. The summed E-state index contributed by atoms with van der Waals surface area (Å²) in [6.07, 6.45) is 1.37. The fourth-order valence-electron chi connectivity index (χ4n) is 2.35. The lowest BCUT2D eigenvalue weighted by molar-refractivity contribution is -0.141. The van der Waals surface area contributed by atoms with Gasteiger partial charge in [0.25, 0.3) is 0 Å². The number of benzene rings is 1. The van der Waals surface area contributed by atoms with E-state index in [0.29, 0.717) is 25.8 Å². The molecule has 1 N–H and O–H groups in total. The Morgan fingerprint density at radius 1 is 1.32 bits per heavy atom. The zero-order valence-corrected chi connectivity index (χ0v) is 11.3. The van der Waals surface area contributed by atoms with Crippen LogP contribution in [0.2, 0.25) is 0 Å². The molecule has 1 heterocycles. The van der Waals surface area contributed by atoms with Gasteiger partial charge in [-0.15, -0.1) is 0 Å². The van der Waals surface area contributed by atoms with Crippen molar-refractivity contribution in [2.45, 2.75) is 25.3 Å². The number of carbonyl (C=O) groups is 1. The Kier molecular flexibility index (Phi) is 4.21. The van der Waals surface area contributed by atoms with Crippen LogP contribution in [0.3, 0.4) is 0 Å². The first kappa shape index (κ1) is 14.0. The van der Waals surface area contributed by atoms with Crippen molar-refractivity contribution in [2.75, 3.05) is 12.3 Å². The molecule has 1 unspecified atom stereocenters. The number of aliphatic carboxylic acids is 1. The van der Waals surface area contributed by atoms with Crippen molar-refractivity contribution in [2.24, 2.45) is 0 Å². The van der Waals surface area contributed by atoms with Gasteiger partial charge < -0.3 is 5.11 Å². The van der Waals surface area contributed by atoms with Crippen LogP contribution >= 0.6 is 0 Å². The molecule has 1 aliphatic heterocycles. The largest absolute Gasteiger partial charge is 0.480 e. The van der Waals surface area contributed by atoms with Gasteiger partial charge in [-0.05, 0) is 24.8 Å². The minimum absolute atomic E-state index is 0.0577. The van der Waals surface area contributed by atoms with Crippen LogP contribution in [0.4, 0.5) is 0 Å². The van der Waals surface area contributed by atoms with Crippen LogP contribution in [0.25, 0.3) is 0 Å². The summed E-state index contributed by atoms with van der Waals surface area (Å²) in [6, 6.07) is 8.54. The van der Waals surface area contributed by atoms with E-state index in [1.54, 1.807) is 0 Å². The number of hydrogen-bond donors (Lipinski definition) is 1. The van der Waals surface area contributed by atoms with Gasteiger partial charge in [-0.25, -0.2) is 8.42 Å². The van der Waals surface area contributed by atoms with Crippen molar-refractivity contribution in [3.8, 4) is 0 Å². The topological polar surface area (TPSA) is 74.7 Å². The average Bonchev–Trinajstić information content (AvgIpc) is 2.71. The van der Waals surface area contributed by atoms with Crippen LogP contribution in [0, 0.1) is 0 Å². The molecule has 1 fully saturated rings. The summed E-state index contributed by atoms with van der Waals surface area (Å²) in [7, 11) is -3.38. The highest BCUT2D eigenvalue weighted by Crippen LogP contribution is 2.20. The smallest absolute Gasteiger partial charge is 0.322 e. The lowest BCUT2D eigenvalue weighted by atomic mass is 10.1. The quantitative estimate of drug-likeness (QED) is 0.878. The molecular weight excluding hydrogens is 266 g/mol. The normalized spacial score (nSPS) is 20.2. The van der Waals surface area contributed by atoms with E-state index in [1.165, 1.54) is 0 Å². The number of aryl methyl sites for hydroxylation is 1. The third-order valence-corrected chi connectivity index (χ3v) is 5.28. The predicted molar refractivity (Wildman–Crippen MR) is 71.3 cm³/mol. The van der Waals surface area contributed by atoms with Crippen LogP contribution in [0.1, 0.15) is 18.4 Å². The number of nitrogens with zero attached hydrogens (tertiary/aromatic N) is 1. The first-order valence-electron chi connectivity index (χ1n) is 6.27. The molecule has 1 aromatic carbocycles. The third-order valence-electron chi connectivity index (χ3n) is 3.32. The van der Waals surface area contributed by atoms with E-state index in [-0.39, 0.29) is 5.75 Å². The maximum atomic E-state index is 11.8. The molecular formula is C13H17NO4S. The second kappa shape index (κ2) is 5.71. The molecule has 1 aromatic rings. The molecule has 2 rings (SSSR count). The standard InChI is InChI=1S/C13H17NO4S/c15-13(16)12(14-9-4-10-19(14,17)18)8-7-11-5-2-1-3-6-11/h1-3,5-6,12H,4,7-10H2,(H,15,16). The fraction of sp³-hybridized carbons (Fsp3) is 0.462.